The number of aliphatic carboxylic acids is 1. The molecule has 4 nitrogen and oxygen atoms in total. The van der Waals surface area contributed by atoms with Gasteiger partial charge in [-0.05, 0) is 43.0 Å². The Morgan fingerprint density at radius 2 is 2.30 bits per heavy atom. The van der Waals surface area contributed by atoms with Crippen molar-refractivity contribution in [2.75, 3.05) is 6.54 Å². The lowest BCUT2D eigenvalue weighted by atomic mass is 10.1. The zero-order chi connectivity index (χ0) is 16.4. The molecule has 23 heavy (non-hydrogen) atoms. The molecule has 1 aliphatic rings. The van der Waals surface area contributed by atoms with E-state index in [1.165, 1.54) is 16.9 Å². The number of nitrogens with zero attached hydrogens (tertiary/aromatic N) is 2. The highest BCUT2D eigenvalue weighted by Crippen LogP contribution is 2.38. The number of hydrogen-bond acceptors (Lipinski definition) is 4. The monoisotopic (exact) mass is 350 g/mol. The van der Waals surface area contributed by atoms with Crippen LogP contribution >= 0.6 is 22.9 Å². The Labute approximate surface area is 144 Å². The first-order chi connectivity index (χ1) is 11.1. The minimum Gasteiger partial charge on any atom is -0.480 e. The zero-order valence-electron chi connectivity index (χ0n) is 12.9. The van der Waals surface area contributed by atoms with Crippen molar-refractivity contribution >= 4 is 28.9 Å². The zero-order valence-corrected chi connectivity index (χ0v) is 14.5. The number of aryl methyl sites for hydroxylation is 1. The molecule has 1 fully saturated rings. The van der Waals surface area contributed by atoms with Gasteiger partial charge in [-0.15, -0.1) is 11.3 Å². The van der Waals surface area contributed by atoms with E-state index < -0.39 is 12.0 Å². The van der Waals surface area contributed by atoms with Gasteiger partial charge >= 0.3 is 5.97 Å². The molecule has 6 heteroatoms. The molecule has 1 saturated heterocycles. The van der Waals surface area contributed by atoms with Gasteiger partial charge in [0.1, 0.15) is 6.04 Å². The van der Waals surface area contributed by atoms with E-state index in [0.717, 1.165) is 30.0 Å². The number of halogens is 1. The lowest BCUT2D eigenvalue weighted by Crippen LogP contribution is -2.39. The van der Waals surface area contributed by atoms with Gasteiger partial charge in [-0.25, -0.2) is 0 Å². The first kappa shape index (κ1) is 16.4. The third-order valence-electron chi connectivity index (χ3n) is 4.31. The molecule has 0 aromatic carbocycles. The number of pyridine rings is 1. The minimum atomic E-state index is -0.764. The summed E-state index contributed by atoms with van der Waals surface area (Å²) in [5.74, 6) is -0.764. The van der Waals surface area contributed by atoms with Crippen molar-refractivity contribution in [3.8, 4) is 0 Å². The minimum absolute atomic E-state index is 0.151. The fraction of sp³-hybridized carbons (Fsp3) is 0.412. The molecule has 1 aliphatic heterocycles. The van der Waals surface area contributed by atoms with Crippen LogP contribution in [0.3, 0.4) is 0 Å². The van der Waals surface area contributed by atoms with E-state index in [2.05, 4.69) is 18.0 Å². The molecule has 122 valence electrons. The van der Waals surface area contributed by atoms with Crippen molar-refractivity contribution in [2.45, 2.75) is 38.3 Å². The van der Waals surface area contributed by atoms with Crippen LogP contribution in [0.25, 0.3) is 0 Å². The Morgan fingerprint density at radius 1 is 1.48 bits per heavy atom. The fourth-order valence-corrected chi connectivity index (χ4v) is 4.32. The number of thiophene rings is 1. The third kappa shape index (κ3) is 3.42. The number of carboxylic acid groups (broad SMARTS) is 1. The predicted molar refractivity (Wildman–Crippen MR) is 92.2 cm³/mol. The molecule has 2 aromatic rings. The van der Waals surface area contributed by atoms with Crippen molar-refractivity contribution in [2.24, 2.45) is 0 Å². The number of rotatable bonds is 5. The molecule has 0 bridgehead atoms. The topological polar surface area (TPSA) is 53.4 Å². The lowest BCUT2D eigenvalue weighted by Gasteiger charge is -2.30. The van der Waals surface area contributed by atoms with Gasteiger partial charge < -0.3 is 5.11 Å². The van der Waals surface area contributed by atoms with Crippen molar-refractivity contribution in [3.05, 3.63) is 50.9 Å². The maximum absolute atomic E-state index is 11.6. The maximum atomic E-state index is 11.6. The van der Waals surface area contributed by atoms with E-state index in [1.54, 1.807) is 0 Å². The Kier molecular flexibility index (Phi) is 4.99. The summed E-state index contributed by atoms with van der Waals surface area (Å²) in [6.07, 6.45) is 4.38. The van der Waals surface area contributed by atoms with Crippen LogP contribution in [0.2, 0.25) is 4.34 Å². The summed E-state index contributed by atoms with van der Waals surface area (Å²) < 4.78 is 0.709. The van der Waals surface area contributed by atoms with Crippen molar-refractivity contribution < 1.29 is 9.90 Å². The van der Waals surface area contributed by atoms with E-state index >= 15 is 0 Å². The van der Waals surface area contributed by atoms with Crippen LogP contribution in [0.15, 0.2) is 30.5 Å². The van der Waals surface area contributed by atoms with Crippen LogP contribution in [0.4, 0.5) is 0 Å². The summed E-state index contributed by atoms with van der Waals surface area (Å²) in [7, 11) is 0. The molecule has 2 atom stereocenters. The summed E-state index contributed by atoms with van der Waals surface area (Å²) in [4.78, 5) is 19.3. The average Bonchev–Trinajstić information content (AvgIpc) is 3.18. The molecule has 2 unspecified atom stereocenters. The Bertz CT molecular complexity index is 686. The van der Waals surface area contributed by atoms with Crippen LogP contribution in [0.1, 0.15) is 41.9 Å². The largest absolute Gasteiger partial charge is 0.480 e. The van der Waals surface area contributed by atoms with Crippen molar-refractivity contribution in [1.29, 1.82) is 0 Å². The maximum Gasteiger partial charge on any atom is 0.320 e. The smallest absolute Gasteiger partial charge is 0.320 e. The molecule has 0 radical (unpaired) electrons. The number of carboxylic acids is 1. The molecule has 3 heterocycles. The predicted octanol–water partition coefficient (Wildman–Crippen LogP) is 4.00. The van der Waals surface area contributed by atoms with E-state index in [1.807, 2.05) is 29.3 Å². The van der Waals surface area contributed by atoms with Gasteiger partial charge in [0.05, 0.1) is 16.1 Å². The number of likely N-dealkylation sites (tertiary alicyclic amines) is 1. The van der Waals surface area contributed by atoms with Gasteiger partial charge in [-0.2, -0.15) is 0 Å². The molecular weight excluding hydrogens is 332 g/mol. The second-order valence-corrected chi connectivity index (χ2v) is 7.47. The molecule has 2 aromatic heterocycles. The summed E-state index contributed by atoms with van der Waals surface area (Å²) in [5.41, 5.74) is 2.06. The summed E-state index contributed by atoms with van der Waals surface area (Å²) in [5, 5.41) is 9.53. The average molecular weight is 351 g/mol. The fourth-order valence-electron chi connectivity index (χ4n) is 3.12. The van der Waals surface area contributed by atoms with Gasteiger partial charge in [0.25, 0.3) is 0 Å². The molecule has 1 N–H and O–H groups in total. The van der Waals surface area contributed by atoms with Gasteiger partial charge in [-0.3, -0.25) is 14.7 Å². The molecule has 3 rings (SSSR count). The van der Waals surface area contributed by atoms with Crippen LogP contribution in [0.5, 0.6) is 0 Å². The second kappa shape index (κ2) is 6.99. The van der Waals surface area contributed by atoms with E-state index in [9.17, 15) is 9.90 Å². The van der Waals surface area contributed by atoms with E-state index in [-0.39, 0.29) is 6.04 Å². The first-order valence-electron chi connectivity index (χ1n) is 7.78. The van der Waals surface area contributed by atoms with Gasteiger partial charge in [0.2, 0.25) is 0 Å². The van der Waals surface area contributed by atoms with E-state index in [0.29, 0.717) is 10.8 Å². The van der Waals surface area contributed by atoms with Crippen LogP contribution in [-0.2, 0) is 11.2 Å². The Balaban J connectivity index is 2.01. The van der Waals surface area contributed by atoms with Gasteiger partial charge in [0, 0.05) is 17.6 Å². The first-order valence-corrected chi connectivity index (χ1v) is 8.98. The number of hydrogen-bond donors (Lipinski definition) is 1. The molecule has 0 amide bonds. The Hall–Kier alpha value is -1.43. The normalized spacial score (nSPS) is 19.8. The highest BCUT2D eigenvalue weighted by molar-refractivity contribution is 7.16. The lowest BCUT2D eigenvalue weighted by molar-refractivity contribution is -0.142. The van der Waals surface area contributed by atoms with Gasteiger partial charge in [0.15, 0.2) is 0 Å². The molecule has 0 saturated carbocycles. The van der Waals surface area contributed by atoms with E-state index in [4.69, 9.17) is 11.6 Å². The molecule has 0 spiro atoms. The van der Waals surface area contributed by atoms with Crippen LogP contribution in [-0.4, -0.2) is 33.5 Å². The highest BCUT2D eigenvalue weighted by atomic mass is 35.5. The number of aromatic nitrogens is 1. The van der Waals surface area contributed by atoms with Crippen LogP contribution < -0.4 is 0 Å². The summed E-state index contributed by atoms with van der Waals surface area (Å²) in [6, 6.07) is 7.30. The third-order valence-corrected chi connectivity index (χ3v) is 5.59. The SMILES string of the molecule is CCc1ccc(C(c2ccc(Cl)s2)N2CCCC2C(=O)O)nc1. The van der Waals surface area contributed by atoms with Crippen molar-refractivity contribution in [1.82, 2.24) is 9.88 Å². The molecule has 0 aliphatic carbocycles. The summed E-state index contributed by atoms with van der Waals surface area (Å²) in [6.45, 7) is 2.85. The quantitative estimate of drug-likeness (QED) is 0.885. The second-order valence-electron chi connectivity index (χ2n) is 5.72. The standard InChI is InChI=1S/C17H19ClN2O2S/c1-2-11-5-6-12(19-10-11)16(14-7-8-15(18)23-14)20-9-3-4-13(20)17(21)22/h5-8,10,13,16H,2-4,9H2,1H3,(H,21,22). The highest BCUT2D eigenvalue weighted by Gasteiger charge is 2.38. The van der Waals surface area contributed by atoms with Gasteiger partial charge in [-0.1, -0.05) is 24.6 Å². The summed E-state index contributed by atoms with van der Waals surface area (Å²) >= 11 is 7.60. The Morgan fingerprint density at radius 3 is 2.87 bits per heavy atom. The molecular formula is C17H19ClN2O2S. The van der Waals surface area contributed by atoms with Crippen LogP contribution in [0, 0.1) is 0 Å². The number of carbonyl (C=O) groups is 1. The van der Waals surface area contributed by atoms with Crippen molar-refractivity contribution in [3.63, 3.8) is 0 Å².